The van der Waals surface area contributed by atoms with E-state index in [1.54, 1.807) is 0 Å². The lowest BCUT2D eigenvalue weighted by Gasteiger charge is -2.24. The molecule has 0 fully saturated rings. The summed E-state index contributed by atoms with van der Waals surface area (Å²) in [6, 6.07) is 64.1. The minimum atomic E-state index is 0.426. The molecule has 13 aromatic rings. The first-order valence-electron chi connectivity index (χ1n) is 20.7. The average molecular weight is 789 g/mol. The van der Waals surface area contributed by atoms with E-state index >= 15 is 0 Å². The van der Waals surface area contributed by atoms with Crippen LogP contribution in [0.4, 0.5) is 0 Å². The Labute approximate surface area is 353 Å². The fraction of sp³-hybridized carbons (Fsp3) is 0. The molecule has 4 aromatic heterocycles. The summed E-state index contributed by atoms with van der Waals surface area (Å²) in [6.45, 7) is 0. The minimum absolute atomic E-state index is 0.426. The molecule has 4 heterocycles. The van der Waals surface area contributed by atoms with Crippen molar-refractivity contribution in [3.63, 3.8) is 0 Å². The summed E-state index contributed by atoms with van der Waals surface area (Å²) in [7, 11) is 0. The van der Waals surface area contributed by atoms with Gasteiger partial charge in [-0.05, 0) is 24.3 Å². The van der Waals surface area contributed by atoms with Crippen LogP contribution < -0.4 is 0 Å². The Morgan fingerprint density at radius 3 is 0.823 bits per heavy atom. The number of rotatable bonds is 4. The van der Waals surface area contributed by atoms with Gasteiger partial charge in [-0.25, -0.2) is 0 Å². The topological polar surface area (TPSA) is 111 Å². The maximum Gasteiger partial charge on any atom is 0.101 e. The number of nitriles is 2. The number of aromatic nitrogens is 4. The van der Waals surface area contributed by atoms with Gasteiger partial charge in [-0.1, -0.05) is 146 Å². The van der Waals surface area contributed by atoms with Gasteiger partial charge >= 0.3 is 0 Å². The van der Waals surface area contributed by atoms with E-state index in [2.05, 4.69) is 159 Å². The molecule has 0 aliphatic rings. The monoisotopic (exact) mass is 788 g/mol. The lowest BCUT2D eigenvalue weighted by Crippen LogP contribution is -2.04. The van der Waals surface area contributed by atoms with E-state index in [4.69, 9.17) is 0 Å². The molecule has 9 aromatic carbocycles. The molecule has 6 nitrogen and oxygen atoms in total. The van der Waals surface area contributed by atoms with Crippen LogP contribution >= 0.6 is 0 Å². The van der Waals surface area contributed by atoms with Gasteiger partial charge in [-0.15, -0.1) is 0 Å². The molecule has 0 aliphatic carbocycles. The quantitative estimate of drug-likeness (QED) is 0.142. The standard InChI is InChI=1S/C56H32N6/c57-29-43-49(39-21-9-17-35-31-13-1-5-25-45(31)59-53(35)39)44(30-58)51(41-23-11-19-37-33-15-3-7-27-47(33)61-55(37)41)52(42-24-12-20-38-34-16-4-8-28-48(34)62-56(38)42)50(43)40-22-10-18-36-32-14-2-6-26-46(32)60-54(36)40/h1-28,59-62H. The molecule has 286 valence electrons. The molecule has 13 rings (SSSR count). The molecule has 0 saturated heterocycles. The van der Waals surface area contributed by atoms with Crippen LogP contribution in [0.25, 0.3) is 132 Å². The Hall–Kier alpha value is -8.84. The first-order chi connectivity index (χ1) is 30.7. The summed E-state index contributed by atoms with van der Waals surface area (Å²) in [4.78, 5) is 15.1. The SMILES string of the molecule is N#Cc1c(-c2cccc3c2[nH]c2ccccc23)c(C#N)c(-c2cccc3c2[nH]c2ccccc23)c(-c2cccc3c2[nH]c2ccccc23)c1-c1cccc2c1[nH]c1ccccc12. The van der Waals surface area contributed by atoms with E-state index < -0.39 is 0 Å². The van der Waals surface area contributed by atoms with Gasteiger partial charge in [0.25, 0.3) is 0 Å². The van der Waals surface area contributed by atoms with Crippen LogP contribution in [0.5, 0.6) is 0 Å². The predicted molar refractivity (Wildman–Crippen MR) is 255 cm³/mol. The molecular formula is C56H32N6. The van der Waals surface area contributed by atoms with Crippen LogP contribution in [0, 0.1) is 22.7 Å². The zero-order valence-corrected chi connectivity index (χ0v) is 33.1. The third-order valence-electron chi connectivity index (χ3n) is 13.0. The summed E-state index contributed by atoms with van der Waals surface area (Å²) in [5.74, 6) is 0. The van der Waals surface area contributed by atoms with E-state index in [0.717, 1.165) is 126 Å². The summed E-state index contributed by atoms with van der Waals surface area (Å²) >= 11 is 0. The van der Waals surface area contributed by atoms with Crippen LogP contribution in [-0.4, -0.2) is 19.9 Å². The third-order valence-corrected chi connectivity index (χ3v) is 13.0. The number of aromatic amines is 4. The second-order valence-electron chi connectivity index (χ2n) is 16.1. The van der Waals surface area contributed by atoms with Crippen molar-refractivity contribution in [1.29, 1.82) is 10.5 Å². The molecule has 0 amide bonds. The highest BCUT2D eigenvalue weighted by Crippen LogP contribution is 2.54. The molecule has 62 heavy (non-hydrogen) atoms. The van der Waals surface area contributed by atoms with Crippen LogP contribution in [0.3, 0.4) is 0 Å². The number of hydrogen-bond donors (Lipinski definition) is 4. The molecule has 0 atom stereocenters. The molecule has 0 radical (unpaired) electrons. The molecule has 4 N–H and O–H groups in total. The van der Waals surface area contributed by atoms with Crippen molar-refractivity contribution in [3.05, 3.63) is 181 Å². The number of H-pyrrole nitrogens is 4. The van der Waals surface area contributed by atoms with Crippen LogP contribution in [-0.2, 0) is 0 Å². The first kappa shape index (κ1) is 34.1. The summed E-state index contributed by atoms with van der Waals surface area (Å²) in [5, 5.41) is 32.4. The van der Waals surface area contributed by atoms with Gasteiger partial charge in [0.1, 0.15) is 12.1 Å². The zero-order chi connectivity index (χ0) is 41.1. The Morgan fingerprint density at radius 1 is 0.258 bits per heavy atom. The molecule has 0 spiro atoms. The van der Waals surface area contributed by atoms with E-state index in [0.29, 0.717) is 16.7 Å². The lowest BCUT2D eigenvalue weighted by molar-refractivity contribution is 1.42. The van der Waals surface area contributed by atoms with Crippen molar-refractivity contribution in [2.45, 2.75) is 0 Å². The maximum atomic E-state index is 11.9. The largest absolute Gasteiger partial charge is 0.354 e. The van der Waals surface area contributed by atoms with E-state index in [1.165, 1.54) is 0 Å². The van der Waals surface area contributed by atoms with Gasteiger partial charge in [-0.3, -0.25) is 0 Å². The number of benzene rings is 9. The Morgan fingerprint density at radius 2 is 0.516 bits per heavy atom. The molecule has 0 saturated carbocycles. The summed E-state index contributed by atoms with van der Waals surface area (Å²) < 4.78 is 0. The number of fused-ring (bicyclic) bond motifs is 12. The van der Waals surface area contributed by atoms with Gasteiger partial charge in [0.2, 0.25) is 0 Å². The average Bonchev–Trinajstić information content (AvgIpc) is 4.11. The molecular weight excluding hydrogens is 757 g/mol. The second-order valence-corrected chi connectivity index (χ2v) is 16.1. The number of para-hydroxylation sites is 8. The third kappa shape index (κ3) is 4.61. The highest BCUT2D eigenvalue weighted by molar-refractivity contribution is 6.22. The van der Waals surface area contributed by atoms with Gasteiger partial charge < -0.3 is 19.9 Å². The van der Waals surface area contributed by atoms with Gasteiger partial charge in [0.15, 0.2) is 0 Å². The number of hydrogen-bond acceptors (Lipinski definition) is 2. The van der Waals surface area contributed by atoms with E-state index in [1.807, 2.05) is 42.5 Å². The molecule has 6 heteroatoms. The molecule has 0 unspecified atom stereocenters. The summed E-state index contributed by atoms with van der Waals surface area (Å²) in [5.41, 5.74) is 14.8. The fourth-order valence-electron chi connectivity index (χ4n) is 10.4. The molecule has 0 aliphatic heterocycles. The highest BCUT2D eigenvalue weighted by atomic mass is 14.7. The second kappa shape index (κ2) is 12.8. The smallest absolute Gasteiger partial charge is 0.101 e. The van der Waals surface area contributed by atoms with Gasteiger partial charge in [-0.2, -0.15) is 10.5 Å². The van der Waals surface area contributed by atoms with E-state index in [9.17, 15) is 10.5 Å². The van der Waals surface area contributed by atoms with Crippen molar-refractivity contribution in [2.75, 3.05) is 0 Å². The van der Waals surface area contributed by atoms with Crippen molar-refractivity contribution < 1.29 is 0 Å². The Kier molecular flexibility index (Phi) is 7.05. The van der Waals surface area contributed by atoms with Gasteiger partial charge in [0.05, 0.1) is 33.2 Å². The highest BCUT2D eigenvalue weighted by Gasteiger charge is 2.32. The Balaban J connectivity index is 1.31. The van der Waals surface area contributed by atoms with Crippen LogP contribution in [0.15, 0.2) is 170 Å². The van der Waals surface area contributed by atoms with Crippen molar-refractivity contribution in [2.24, 2.45) is 0 Å². The number of nitrogens with zero attached hydrogens (tertiary/aromatic N) is 2. The fourth-order valence-corrected chi connectivity index (χ4v) is 10.4. The predicted octanol–water partition coefficient (Wildman–Crippen LogP) is 14.6. The summed E-state index contributed by atoms with van der Waals surface area (Å²) in [6.07, 6.45) is 0. The minimum Gasteiger partial charge on any atom is -0.354 e. The van der Waals surface area contributed by atoms with Crippen LogP contribution in [0.1, 0.15) is 11.1 Å². The normalized spacial score (nSPS) is 11.8. The first-order valence-corrected chi connectivity index (χ1v) is 20.7. The van der Waals surface area contributed by atoms with Crippen molar-refractivity contribution in [3.8, 4) is 56.6 Å². The van der Waals surface area contributed by atoms with E-state index in [-0.39, 0.29) is 0 Å². The van der Waals surface area contributed by atoms with Crippen molar-refractivity contribution in [1.82, 2.24) is 19.9 Å². The molecule has 0 bridgehead atoms. The van der Waals surface area contributed by atoms with Gasteiger partial charge in [0, 0.05) is 110 Å². The Bertz CT molecular complexity index is 3980. The maximum absolute atomic E-state index is 11.9. The number of nitrogens with one attached hydrogen (secondary N) is 4. The van der Waals surface area contributed by atoms with Crippen molar-refractivity contribution >= 4 is 87.2 Å². The van der Waals surface area contributed by atoms with Crippen LogP contribution in [0.2, 0.25) is 0 Å². The lowest BCUT2D eigenvalue weighted by atomic mass is 9.77. The zero-order valence-electron chi connectivity index (χ0n) is 33.1.